The molecule has 0 saturated heterocycles. The molecule has 5 heteroatoms. The van der Waals surface area contributed by atoms with Crippen LogP contribution in [0, 0.1) is 11.8 Å². The molecule has 0 atom stereocenters. The van der Waals surface area contributed by atoms with Crippen molar-refractivity contribution >= 4 is 35.0 Å². The fraction of sp³-hybridized carbons (Fsp3) is 0.750. The van der Waals surface area contributed by atoms with E-state index in [2.05, 4.69) is 0 Å². The first-order valence-corrected chi connectivity index (χ1v) is 4.03. The zero-order valence-electron chi connectivity index (χ0n) is 7.32. The van der Waals surface area contributed by atoms with Gasteiger partial charge in [-0.15, -0.1) is 0 Å². The van der Waals surface area contributed by atoms with Crippen LogP contribution in [0.1, 0.15) is 25.7 Å². The van der Waals surface area contributed by atoms with E-state index in [0.717, 1.165) is 25.7 Å². The summed E-state index contributed by atoms with van der Waals surface area (Å²) in [6.07, 6.45) is 3.34. The molecular formula is C8H10MgO4. The first-order chi connectivity index (χ1) is 5.61. The molecule has 0 bridgehead atoms. The zero-order valence-corrected chi connectivity index (χ0v) is 8.74. The third-order valence-electron chi connectivity index (χ3n) is 1.82. The summed E-state index contributed by atoms with van der Waals surface area (Å²) < 4.78 is 0. The normalized spacial score (nSPS) is 19.1. The summed E-state index contributed by atoms with van der Waals surface area (Å²) in [4.78, 5) is 19.3. The summed E-state index contributed by atoms with van der Waals surface area (Å²) in [6.45, 7) is 0. The summed E-state index contributed by atoms with van der Waals surface area (Å²) in [6, 6.07) is 0. The van der Waals surface area contributed by atoms with Gasteiger partial charge in [-0.3, -0.25) is 0 Å². The molecule has 0 aromatic rings. The van der Waals surface area contributed by atoms with Crippen LogP contribution < -0.4 is 10.2 Å². The van der Waals surface area contributed by atoms with Crippen molar-refractivity contribution < 1.29 is 19.8 Å². The number of carbonyl (C=O) groups excluding carboxylic acids is 2. The van der Waals surface area contributed by atoms with Crippen molar-refractivity contribution in [2.75, 3.05) is 0 Å². The molecule has 0 heterocycles. The number of carboxylic acids is 2. The third-order valence-corrected chi connectivity index (χ3v) is 1.82. The predicted molar refractivity (Wildman–Crippen MR) is 41.2 cm³/mol. The monoisotopic (exact) mass is 194 g/mol. The summed E-state index contributed by atoms with van der Waals surface area (Å²) in [5, 5.41) is 19.3. The van der Waals surface area contributed by atoms with Gasteiger partial charge in [0.1, 0.15) is 0 Å². The molecule has 13 heavy (non-hydrogen) atoms. The average Bonchev–Trinajstić information content (AvgIpc) is 2.85. The third kappa shape index (κ3) is 5.87. The summed E-state index contributed by atoms with van der Waals surface area (Å²) >= 11 is 0. The Hall–Kier alpha value is -0.294. The van der Waals surface area contributed by atoms with Gasteiger partial charge < -0.3 is 19.8 Å². The maximum absolute atomic E-state index is 9.65. The van der Waals surface area contributed by atoms with E-state index >= 15 is 0 Å². The fourth-order valence-electron chi connectivity index (χ4n) is 0.638. The van der Waals surface area contributed by atoms with E-state index in [1.165, 1.54) is 0 Å². The average molecular weight is 194 g/mol. The minimum atomic E-state index is -0.880. The Kier molecular flexibility index (Phi) is 5.32. The van der Waals surface area contributed by atoms with Gasteiger partial charge in [0.25, 0.3) is 0 Å². The summed E-state index contributed by atoms with van der Waals surface area (Å²) in [5.41, 5.74) is 0. The fourth-order valence-corrected chi connectivity index (χ4v) is 0.638. The number of hydrogen-bond acceptors (Lipinski definition) is 4. The summed E-state index contributed by atoms with van der Waals surface area (Å²) in [5.74, 6) is -1.94. The number of rotatable bonds is 2. The Morgan fingerprint density at radius 1 is 0.846 bits per heavy atom. The second-order valence-corrected chi connectivity index (χ2v) is 3.19. The van der Waals surface area contributed by atoms with Crippen LogP contribution in [0.2, 0.25) is 0 Å². The maximum atomic E-state index is 9.65. The van der Waals surface area contributed by atoms with Gasteiger partial charge in [0, 0.05) is 11.9 Å². The van der Waals surface area contributed by atoms with Gasteiger partial charge in [-0.25, -0.2) is 0 Å². The van der Waals surface area contributed by atoms with Crippen molar-refractivity contribution in [2.45, 2.75) is 25.7 Å². The van der Waals surface area contributed by atoms with E-state index in [1.54, 1.807) is 0 Å². The van der Waals surface area contributed by atoms with E-state index in [1.807, 2.05) is 0 Å². The number of carboxylic acid groups (broad SMARTS) is 2. The molecule has 0 N–H and O–H groups in total. The van der Waals surface area contributed by atoms with E-state index < -0.39 is 11.9 Å². The number of hydrogen-bond donors (Lipinski definition) is 0. The van der Waals surface area contributed by atoms with Crippen LogP contribution in [0.3, 0.4) is 0 Å². The topological polar surface area (TPSA) is 80.3 Å². The van der Waals surface area contributed by atoms with Gasteiger partial charge in [-0.2, -0.15) is 0 Å². The van der Waals surface area contributed by atoms with Gasteiger partial charge in [-0.05, 0) is 37.5 Å². The molecule has 0 unspecified atom stereocenters. The molecule has 2 fully saturated rings. The molecule has 4 nitrogen and oxygen atoms in total. The van der Waals surface area contributed by atoms with Gasteiger partial charge in [0.2, 0.25) is 0 Å². The summed E-state index contributed by atoms with van der Waals surface area (Å²) in [7, 11) is 0. The molecule has 2 saturated carbocycles. The van der Waals surface area contributed by atoms with Crippen molar-refractivity contribution in [3.8, 4) is 0 Å². The van der Waals surface area contributed by atoms with Gasteiger partial charge in [0.05, 0.1) is 0 Å². The second-order valence-electron chi connectivity index (χ2n) is 3.19. The van der Waals surface area contributed by atoms with Crippen LogP contribution in [0.5, 0.6) is 0 Å². The standard InChI is InChI=1S/2C4H6O2.Mg/c2*5-4(6)3-1-2-3;/h2*3H,1-2H2,(H,5,6);/q;;+2/p-2. The van der Waals surface area contributed by atoms with Crippen LogP contribution in [-0.2, 0) is 9.59 Å². The molecular weight excluding hydrogens is 184 g/mol. The quantitative estimate of drug-likeness (QED) is 0.472. The first kappa shape index (κ1) is 12.7. The maximum Gasteiger partial charge on any atom is 2.00 e. The molecule has 2 aliphatic rings. The van der Waals surface area contributed by atoms with Gasteiger partial charge in [0.15, 0.2) is 0 Å². The second kappa shape index (κ2) is 5.44. The van der Waals surface area contributed by atoms with Crippen LogP contribution in [0.15, 0.2) is 0 Å². The Morgan fingerprint density at radius 2 is 1.08 bits per heavy atom. The van der Waals surface area contributed by atoms with Crippen molar-refractivity contribution in [1.82, 2.24) is 0 Å². The van der Waals surface area contributed by atoms with Gasteiger partial charge in [-0.1, -0.05) is 0 Å². The van der Waals surface area contributed by atoms with Crippen molar-refractivity contribution in [3.63, 3.8) is 0 Å². The van der Waals surface area contributed by atoms with E-state index in [0.29, 0.717) is 0 Å². The van der Waals surface area contributed by atoms with E-state index in [4.69, 9.17) is 0 Å². The van der Waals surface area contributed by atoms with Crippen molar-refractivity contribution in [2.24, 2.45) is 11.8 Å². The molecule has 68 valence electrons. The van der Waals surface area contributed by atoms with Crippen LogP contribution >= 0.6 is 0 Å². The molecule has 0 spiro atoms. The molecule has 0 aromatic heterocycles. The van der Waals surface area contributed by atoms with Crippen molar-refractivity contribution in [3.05, 3.63) is 0 Å². The minimum absolute atomic E-state index is 0. The Morgan fingerprint density at radius 3 is 1.08 bits per heavy atom. The predicted octanol–water partition coefficient (Wildman–Crippen LogP) is -2.09. The largest absolute Gasteiger partial charge is 2.00 e. The van der Waals surface area contributed by atoms with Gasteiger partial charge >= 0.3 is 23.1 Å². The molecule has 2 aliphatic carbocycles. The first-order valence-electron chi connectivity index (χ1n) is 4.03. The Balaban J connectivity index is 0.000000206. The van der Waals surface area contributed by atoms with E-state index in [9.17, 15) is 19.8 Å². The number of carbonyl (C=O) groups is 2. The molecule has 0 radical (unpaired) electrons. The van der Waals surface area contributed by atoms with Crippen LogP contribution in [0.25, 0.3) is 0 Å². The van der Waals surface area contributed by atoms with Crippen molar-refractivity contribution in [1.29, 1.82) is 0 Å². The van der Waals surface area contributed by atoms with E-state index in [-0.39, 0.29) is 34.9 Å². The molecule has 0 aromatic carbocycles. The Bertz CT molecular complexity index is 174. The minimum Gasteiger partial charge on any atom is -0.550 e. The molecule has 0 aliphatic heterocycles. The number of aliphatic carboxylic acids is 2. The SMILES string of the molecule is O=C([O-])C1CC1.O=C([O-])C1CC1.[Mg+2]. The smallest absolute Gasteiger partial charge is 0.550 e. The zero-order chi connectivity index (χ0) is 9.14. The van der Waals surface area contributed by atoms with Crippen LogP contribution in [-0.4, -0.2) is 35.0 Å². The molecule has 0 amide bonds. The van der Waals surface area contributed by atoms with Crippen LogP contribution in [0.4, 0.5) is 0 Å². The Labute approximate surface area is 92.5 Å². The molecule has 2 rings (SSSR count).